The van der Waals surface area contributed by atoms with Crippen molar-refractivity contribution in [3.05, 3.63) is 114 Å². The summed E-state index contributed by atoms with van der Waals surface area (Å²) in [5.74, 6) is -0.00936. The summed E-state index contributed by atoms with van der Waals surface area (Å²) in [6.07, 6.45) is 1.45. The summed E-state index contributed by atoms with van der Waals surface area (Å²) in [5, 5.41) is 3.10. The Labute approximate surface area is 197 Å². The minimum Gasteiger partial charge on any atom is -0.497 e. The molecule has 0 aliphatic heterocycles. The van der Waals surface area contributed by atoms with Gasteiger partial charge in [0.05, 0.1) is 20.2 Å². The molecule has 4 aromatic rings. The van der Waals surface area contributed by atoms with Crippen LogP contribution < -0.4 is 27.0 Å². The molecule has 0 saturated carbocycles. The van der Waals surface area contributed by atoms with Gasteiger partial charge >= 0.3 is 11.4 Å². The molecule has 0 spiro atoms. The van der Waals surface area contributed by atoms with Gasteiger partial charge in [0, 0.05) is 22.5 Å². The molecule has 0 aliphatic rings. The lowest BCUT2D eigenvalue weighted by Crippen LogP contribution is -2.43. The van der Waals surface area contributed by atoms with Gasteiger partial charge in [0.2, 0.25) is 5.95 Å². The van der Waals surface area contributed by atoms with Crippen molar-refractivity contribution in [2.45, 2.75) is 13.1 Å². The molecule has 174 valence electrons. The molecule has 0 fully saturated rings. The zero-order valence-electron chi connectivity index (χ0n) is 17.9. The van der Waals surface area contributed by atoms with E-state index in [4.69, 9.17) is 16.3 Å². The number of nitrogens with zero attached hydrogens (tertiary/aromatic N) is 3. The molecule has 0 atom stereocenters. The number of anilines is 2. The Hall–Kier alpha value is -4.18. The van der Waals surface area contributed by atoms with Crippen molar-refractivity contribution in [1.29, 1.82) is 0 Å². The molecule has 0 aliphatic carbocycles. The maximum Gasteiger partial charge on any atom is 0.355 e. The highest BCUT2D eigenvalue weighted by atomic mass is 35.5. The fraction of sp³-hybridized carbons (Fsp3) is 0.130. The van der Waals surface area contributed by atoms with E-state index in [1.807, 2.05) is 0 Å². The Morgan fingerprint density at radius 2 is 1.82 bits per heavy atom. The van der Waals surface area contributed by atoms with Crippen LogP contribution in [0.15, 0.2) is 75.2 Å². The van der Waals surface area contributed by atoms with Gasteiger partial charge in [0.15, 0.2) is 0 Å². The number of pyridine rings is 1. The molecule has 2 aromatic heterocycles. The van der Waals surface area contributed by atoms with E-state index in [2.05, 4.69) is 15.3 Å². The highest BCUT2D eigenvalue weighted by molar-refractivity contribution is 6.30. The largest absolute Gasteiger partial charge is 0.497 e. The van der Waals surface area contributed by atoms with E-state index in [9.17, 15) is 18.8 Å². The summed E-state index contributed by atoms with van der Waals surface area (Å²) in [4.78, 5) is 44.7. The molecular weight excluding hydrogens is 465 g/mol. The number of H-pyrrole nitrogens is 1. The van der Waals surface area contributed by atoms with Crippen LogP contribution in [0.2, 0.25) is 5.02 Å². The summed E-state index contributed by atoms with van der Waals surface area (Å²) >= 11 is 5.97. The first-order chi connectivity index (χ1) is 16.3. The molecule has 0 radical (unpaired) electrons. The van der Waals surface area contributed by atoms with Crippen molar-refractivity contribution in [2.24, 2.45) is 0 Å². The zero-order chi connectivity index (χ0) is 24.2. The molecule has 0 unspecified atom stereocenters. The molecule has 0 saturated heterocycles. The number of hydrogen-bond donors (Lipinski definition) is 2. The third-order valence-corrected chi connectivity index (χ3v) is 5.21. The molecule has 34 heavy (non-hydrogen) atoms. The number of methoxy groups -OCH3 is 1. The Kier molecular flexibility index (Phi) is 6.60. The van der Waals surface area contributed by atoms with Crippen molar-refractivity contribution in [2.75, 3.05) is 12.4 Å². The molecule has 2 N–H and O–H groups in total. The van der Waals surface area contributed by atoms with Crippen molar-refractivity contribution < 1.29 is 9.13 Å². The maximum absolute atomic E-state index is 13.9. The van der Waals surface area contributed by atoms with Gasteiger partial charge in [-0.1, -0.05) is 17.7 Å². The van der Waals surface area contributed by atoms with Gasteiger partial charge < -0.3 is 15.0 Å². The Morgan fingerprint density at radius 3 is 2.50 bits per heavy atom. The van der Waals surface area contributed by atoms with Crippen LogP contribution in [0.3, 0.4) is 0 Å². The van der Waals surface area contributed by atoms with E-state index in [-0.39, 0.29) is 29.6 Å². The van der Waals surface area contributed by atoms with Gasteiger partial charge in [0.1, 0.15) is 11.6 Å². The van der Waals surface area contributed by atoms with E-state index < -0.39 is 22.8 Å². The SMILES string of the molecule is COc1ccc(Nc2nc(=O)n(Cc3ccc[nH]c3=O)c(=O)n2Cc2cc(F)cc(Cl)c2)cc1. The van der Waals surface area contributed by atoms with Gasteiger partial charge in [-0.05, 0) is 54.1 Å². The first-order valence-corrected chi connectivity index (χ1v) is 10.5. The number of ether oxygens (including phenoxy) is 1. The van der Waals surface area contributed by atoms with Gasteiger partial charge in [-0.3, -0.25) is 9.36 Å². The van der Waals surface area contributed by atoms with E-state index in [1.54, 1.807) is 30.3 Å². The van der Waals surface area contributed by atoms with E-state index in [1.165, 1.54) is 36.1 Å². The maximum atomic E-state index is 13.9. The lowest BCUT2D eigenvalue weighted by molar-refractivity contribution is 0.415. The van der Waals surface area contributed by atoms with Crippen molar-refractivity contribution in [3.63, 3.8) is 0 Å². The molecular formula is C23H19ClFN5O4. The predicted molar refractivity (Wildman–Crippen MR) is 126 cm³/mol. The van der Waals surface area contributed by atoms with Crippen LogP contribution in [0, 0.1) is 5.82 Å². The predicted octanol–water partition coefficient (Wildman–Crippen LogP) is 2.73. The second-order valence-corrected chi connectivity index (χ2v) is 7.76. The molecule has 0 bridgehead atoms. The normalized spacial score (nSPS) is 10.8. The smallest absolute Gasteiger partial charge is 0.355 e. The van der Waals surface area contributed by atoms with Gasteiger partial charge in [-0.15, -0.1) is 0 Å². The number of benzene rings is 2. The van der Waals surface area contributed by atoms with Crippen LogP contribution in [0.1, 0.15) is 11.1 Å². The molecule has 2 aromatic carbocycles. The molecule has 9 nitrogen and oxygen atoms in total. The number of nitrogens with one attached hydrogen (secondary N) is 2. The third-order valence-electron chi connectivity index (χ3n) is 4.99. The molecule has 11 heteroatoms. The number of rotatable bonds is 7. The fourth-order valence-electron chi connectivity index (χ4n) is 3.34. The number of hydrogen-bond acceptors (Lipinski definition) is 6. The summed E-state index contributed by atoms with van der Waals surface area (Å²) in [7, 11) is 1.53. The monoisotopic (exact) mass is 483 g/mol. The highest BCUT2D eigenvalue weighted by Gasteiger charge is 2.16. The Bertz CT molecular complexity index is 1490. The Morgan fingerprint density at radius 1 is 1.06 bits per heavy atom. The first kappa shape index (κ1) is 23.0. The fourth-order valence-corrected chi connectivity index (χ4v) is 3.59. The number of aromatic amines is 1. The molecule has 4 rings (SSSR count). The number of halogens is 2. The minimum atomic E-state index is -0.849. The van der Waals surface area contributed by atoms with Crippen LogP contribution in [0.4, 0.5) is 16.0 Å². The van der Waals surface area contributed by atoms with Crippen molar-refractivity contribution >= 4 is 23.2 Å². The third kappa shape index (κ3) is 5.07. The van der Waals surface area contributed by atoms with E-state index >= 15 is 0 Å². The summed E-state index contributed by atoms with van der Waals surface area (Å²) in [6, 6.07) is 13.7. The molecule has 2 heterocycles. The summed E-state index contributed by atoms with van der Waals surface area (Å²) < 4.78 is 21.1. The second-order valence-electron chi connectivity index (χ2n) is 7.33. The topological polar surface area (TPSA) is 111 Å². The number of aromatic nitrogens is 4. The highest BCUT2D eigenvalue weighted by Crippen LogP contribution is 2.19. The summed E-state index contributed by atoms with van der Waals surface area (Å²) in [6.45, 7) is -0.416. The average molecular weight is 484 g/mol. The quantitative estimate of drug-likeness (QED) is 0.418. The first-order valence-electron chi connectivity index (χ1n) is 10.1. The van der Waals surface area contributed by atoms with Gasteiger partial charge in [-0.25, -0.2) is 18.5 Å². The standard InChI is InChI=1S/C23H19ClFN5O4/c1-34-19-6-4-18(5-7-19)27-21-28-22(32)30(13-15-3-2-8-26-20(15)31)23(33)29(21)12-14-9-16(24)11-17(25)10-14/h2-11H,12-13H2,1H3,(H,26,31)(H,27,28,32). The zero-order valence-corrected chi connectivity index (χ0v) is 18.7. The van der Waals surface area contributed by atoms with E-state index in [0.717, 1.165) is 10.6 Å². The average Bonchev–Trinajstić information content (AvgIpc) is 2.80. The minimum absolute atomic E-state index is 0.0567. The van der Waals surface area contributed by atoms with Crippen molar-refractivity contribution in [1.82, 2.24) is 19.1 Å². The van der Waals surface area contributed by atoms with Crippen LogP contribution in [-0.2, 0) is 13.1 Å². The Balaban J connectivity index is 1.82. The van der Waals surface area contributed by atoms with Crippen molar-refractivity contribution in [3.8, 4) is 5.75 Å². The van der Waals surface area contributed by atoms with E-state index in [0.29, 0.717) is 17.0 Å². The van der Waals surface area contributed by atoms with Crippen LogP contribution in [0.25, 0.3) is 0 Å². The lowest BCUT2D eigenvalue weighted by atomic mass is 10.2. The summed E-state index contributed by atoms with van der Waals surface area (Å²) in [5.41, 5.74) is -0.889. The second kappa shape index (κ2) is 9.75. The van der Waals surface area contributed by atoms with Crippen LogP contribution >= 0.6 is 11.6 Å². The molecule has 0 amide bonds. The lowest BCUT2D eigenvalue weighted by Gasteiger charge is -2.16. The van der Waals surface area contributed by atoms with Gasteiger partial charge in [-0.2, -0.15) is 4.98 Å². The van der Waals surface area contributed by atoms with Gasteiger partial charge in [0.25, 0.3) is 5.56 Å². The van der Waals surface area contributed by atoms with Crippen LogP contribution in [-0.4, -0.2) is 26.2 Å². The van der Waals surface area contributed by atoms with Crippen LogP contribution in [0.5, 0.6) is 5.75 Å².